The Labute approximate surface area is 118 Å². The summed E-state index contributed by atoms with van der Waals surface area (Å²) in [5, 5.41) is 0. The molecule has 0 heterocycles. The lowest BCUT2D eigenvalue weighted by Crippen LogP contribution is -2.15. The molecule has 0 atom stereocenters. The van der Waals surface area contributed by atoms with Gasteiger partial charge in [0, 0.05) is 6.42 Å². The number of carbonyl (C=O) groups excluding carboxylic acids is 2. The van der Waals surface area contributed by atoms with Gasteiger partial charge in [-0.2, -0.15) is 13.2 Å². The van der Waals surface area contributed by atoms with Crippen molar-refractivity contribution in [3.63, 3.8) is 0 Å². The molecule has 0 spiro atoms. The van der Waals surface area contributed by atoms with Crippen LogP contribution >= 0.6 is 11.6 Å². The molecular formula is C13H12ClF3O3. The van der Waals surface area contributed by atoms with Crippen LogP contribution in [0.3, 0.4) is 0 Å². The molecule has 0 N–H and O–H groups in total. The summed E-state index contributed by atoms with van der Waals surface area (Å²) in [6, 6.07) is 2.61. The van der Waals surface area contributed by atoms with Gasteiger partial charge in [-0.1, -0.05) is 6.07 Å². The molecule has 1 aromatic carbocycles. The van der Waals surface area contributed by atoms with Crippen LogP contribution in [0.25, 0.3) is 0 Å². The Balaban J connectivity index is 3.23. The second-order valence-corrected chi connectivity index (χ2v) is 4.21. The first kappa shape index (κ1) is 16.5. The van der Waals surface area contributed by atoms with E-state index in [1.165, 1.54) is 6.92 Å². The van der Waals surface area contributed by atoms with Gasteiger partial charge in [0.15, 0.2) is 5.78 Å². The van der Waals surface area contributed by atoms with Crippen LogP contribution in [-0.4, -0.2) is 24.2 Å². The molecule has 1 rings (SSSR count). The van der Waals surface area contributed by atoms with E-state index in [4.69, 9.17) is 16.3 Å². The molecule has 110 valence electrons. The fraction of sp³-hybridized carbons (Fsp3) is 0.385. The lowest BCUT2D eigenvalue weighted by Gasteiger charge is -2.12. The number of hydrogen-bond acceptors (Lipinski definition) is 3. The summed E-state index contributed by atoms with van der Waals surface area (Å²) < 4.78 is 42.6. The Hall–Kier alpha value is -1.56. The SMILES string of the molecule is CCOC(=O)c1cc(C(F)(F)F)ccc1CC(=O)CCl. The van der Waals surface area contributed by atoms with Gasteiger partial charge >= 0.3 is 12.1 Å². The first-order valence-electron chi connectivity index (χ1n) is 5.74. The first-order chi connectivity index (χ1) is 9.29. The first-order valence-corrected chi connectivity index (χ1v) is 6.28. The Morgan fingerprint density at radius 3 is 2.45 bits per heavy atom. The van der Waals surface area contributed by atoms with Gasteiger partial charge in [-0.15, -0.1) is 11.6 Å². The van der Waals surface area contributed by atoms with E-state index in [-0.39, 0.29) is 30.0 Å². The van der Waals surface area contributed by atoms with Crippen LogP contribution in [0.15, 0.2) is 18.2 Å². The second kappa shape index (κ2) is 6.74. The minimum absolute atomic E-state index is 0.0258. The minimum Gasteiger partial charge on any atom is -0.462 e. The van der Waals surface area contributed by atoms with Crippen molar-refractivity contribution in [2.45, 2.75) is 19.5 Å². The zero-order valence-corrected chi connectivity index (χ0v) is 11.3. The van der Waals surface area contributed by atoms with E-state index < -0.39 is 23.5 Å². The van der Waals surface area contributed by atoms with Gasteiger partial charge in [0.05, 0.1) is 23.6 Å². The normalized spacial score (nSPS) is 11.2. The summed E-state index contributed by atoms with van der Waals surface area (Å²) in [6.45, 7) is 1.56. The number of ether oxygens (including phenoxy) is 1. The van der Waals surface area contributed by atoms with Crippen molar-refractivity contribution >= 4 is 23.4 Å². The Morgan fingerprint density at radius 1 is 1.30 bits per heavy atom. The molecule has 0 saturated carbocycles. The van der Waals surface area contributed by atoms with E-state index in [0.29, 0.717) is 6.07 Å². The molecule has 7 heteroatoms. The molecule has 0 aliphatic carbocycles. The van der Waals surface area contributed by atoms with E-state index >= 15 is 0 Å². The fourth-order valence-corrected chi connectivity index (χ4v) is 1.66. The van der Waals surface area contributed by atoms with Gasteiger partial charge in [-0.3, -0.25) is 4.79 Å². The molecule has 1 aromatic rings. The van der Waals surface area contributed by atoms with Crippen LogP contribution in [-0.2, 0) is 22.1 Å². The Bertz CT molecular complexity index is 512. The maximum absolute atomic E-state index is 12.6. The molecule has 0 amide bonds. The van der Waals surface area contributed by atoms with Crippen molar-refractivity contribution < 1.29 is 27.5 Å². The van der Waals surface area contributed by atoms with Gasteiger partial charge in [-0.05, 0) is 24.6 Å². The average molecular weight is 309 g/mol. The minimum atomic E-state index is -4.57. The Kier molecular flexibility index (Phi) is 5.56. The van der Waals surface area contributed by atoms with Crippen LogP contribution in [0.4, 0.5) is 13.2 Å². The lowest BCUT2D eigenvalue weighted by atomic mass is 9.99. The van der Waals surface area contributed by atoms with E-state index in [2.05, 4.69) is 0 Å². The summed E-state index contributed by atoms with van der Waals surface area (Å²) in [5.41, 5.74) is -1.06. The standard InChI is InChI=1S/C13H12ClF3O3/c1-2-20-12(19)11-6-9(13(15,16)17)4-3-8(11)5-10(18)7-14/h3-4,6H,2,5,7H2,1H3. The Morgan fingerprint density at radius 2 is 1.95 bits per heavy atom. The molecule has 3 nitrogen and oxygen atoms in total. The molecule has 0 aliphatic heterocycles. The van der Waals surface area contributed by atoms with E-state index in [1.807, 2.05) is 0 Å². The van der Waals surface area contributed by atoms with E-state index in [9.17, 15) is 22.8 Å². The molecule has 0 aromatic heterocycles. The number of rotatable bonds is 5. The maximum atomic E-state index is 12.6. The van der Waals surface area contributed by atoms with Crippen molar-refractivity contribution in [3.05, 3.63) is 34.9 Å². The zero-order chi connectivity index (χ0) is 15.3. The smallest absolute Gasteiger partial charge is 0.416 e. The highest BCUT2D eigenvalue weighted by Gasteiger charge is 2.32. The highest BCUT2D eigenvalue weighted by Crippen LogP contribution is 2.31. The second-order valence-electron chi connectivity index (χ2n) is 3.94. The average Bonchev–Trinajstić information content (AvgIpc) is 2.37. The third kappa shape index (κ3) is 4.23. The fourth-order valence-electron chi connectivity index (χ4n) is 1.57. The van der Waals surface area contributed by atoms with E-state index in [0.717, 1.165) is 12.1 Å². The zero-order valence-electron chi connectivity index (χ0n) is 10.6. The quantitative estimate of drug-likeness (QED) is 0.619. The van der Waals surface area contributed by atoms with Crippen LogP contribution < -0.4 is 0 Å². The lowest BCUT2D eigenvalue weighted by molar-refractivity contribution is -0.137. The van der Waals surface area contributed by atoms with Gasteiger partial charge in [0.25, 0.3) is 0 Å². The summed E-state index contributed by atoms with van der Waals surface area (Å²) >= 11 is 5.35. The van der Waals surface area contributed by atoms with E-state index in [1.54, 1.807) is 0 Å². The summed E-state index contributed by atoms with van der Waals surface area (Å²) in [4.78, 5) is 23.0. The van der Waals surface area contributed by atoms with Gasteiger partial charge in [0.1, 0.15) is 0 Å². The number of carbonyl (C=O) groups is 2. The van der Waals surface area contributed by atoms with Crippen molar-refractivity contribution in [1.29, 1.82) is 0 Å². The van der Waals surface area contributed by atoms with Crippen molar-refractivity contribution in [1.82, 2.24) is 0 Å². The summed E-state index contributed by atoms with van der Waals surface area (Å²) in [5.74, 6) is -1.56. The van der Waals surface area contributed by atoms with Crippen molar-refractivity contribution in [2.24, 2.45) is 0 Å². The number of ketones is 1. The van der Waals surface area contributed by atoms with Crippen LogP contribution in [0.2, 0.25) is 0 Å². The number of Topliss-reactive ketones (excluding diaryl/α,β-unsaturated/α-hetero) is 1. The maximum Gasteiger partial charge on any atom is 0.416 e. The number of esters is 1. The molecule has 0 bridgehead atoms. The third-order valence-corrected chi connectivity index (χ3v) is 2.77. The molecule has 0 unspecified atom stereocenters. The topological polar surface area (TPSA) is 43.4 Å². The summed E-state index contributed by atoms with van der Waals surface area (Å²) in [6.07, 6.45) is -4.79. The number of benzene rings is 1. The molecule has 20 heavy (non-hydrogen) atoms. The number of hydrogen-bond donors (Lipinski definition) is 0. The molecule has 0 aliphatic rings. The van der Waals surface area contributed by atoms with Crippen LogP contribution in [0.1, 0.15) is 28.4 Å². The van der Waals surface area contributed by atoms with Crippen LogP contribution in [0.5, 0.6) is 0 Å². The van der Waals surface area contributed by atoms with Gasteiger partial charge < -0.3 is 4.74 Å². The summed E-state index contributed by atoms with van der Waals surface area (Å²) in [7, 11) is 0. The molecule has 0 fully saturated rings. The predicted molar refractivity (Wildman–Crippen MR) is 66.8 cm³/mol. The predicted octanol–water partition coefficient (Wildman–Crippen LogP) is 3.23. The van der Waals surface area contributed by atoms with Gasteiger partial charge in [-0.25, -0.2) is 4.79 Å². The van der Waals surface area contributed by atoms with Crippen LogP contribution in [0, 0.1) is 0 Å². The van der Waals surface area contributed by atoms with Crippen molar-refractivity contribution in [3.8, 4) is 0 Å². The molecule has 0 saturated heterocycles. The number of halogens is 4. The largest absolute Gasteiger partial charge is 0.462 e. The van der Waals surface area contributed by atoms with Gasteiger partial charge in [0.2, 0.25) is 0 Å². The highest BCUT2D eigenvalue weighted by molar-refractivity contribution is 6.27. The number of alkyl halides is 4. The van der Waals surface area contributed by atoms with Crippen molar-refractivity contribution in [2.75, 3.05) is 12.5 Å². The third-order valence-electron chi connectivity index (χ3n) is 2.47. The monoisotopic (exact) mass is 308 g/mol. The highest BCUT2D eigenvalue weighted by atomic mass is 35.5. The molecular weight excluding hydrogens is 297 g/mol. The molecule has 0 radical (unpaired) electrons.